The zero-order chi connectivity index (χ0) is 16.9. The molecule has 6 nitrogen and oxygen atoms in total. The molecule has 1 aliphatic heterocycles. The lowest BCUT2D eigenvalue weighted by molar-refractivity contribution is -0.121. The lowest BCUT2D eigenvalue weighted by Gasteiger charge is -2.08. The molecule has 2 aromatic rings. The van der Waals surface area contributed by atoms with Crippen LogP contribution in [0.25, 0.3) is 0 Å². The Morgan fingerprint density at radius 3 is 2.67 bits per heavy atom. The molecule has 2 N–H and O–H groups in total. The lowest BCUT2D eigenvalue weighted by atomic mass is 10.1. The van der Waals surface area contributed by atoms with Crippen LogP contribution in [0, 0.1) is 5.82 Å². The average molecular weight is 330 g/mol. The van der Waals surface area contributed by atoms with Crippen LogP contribution < -0.4 is 20.3 Å². The van der Waals surface area contributed by atoms with Crippen LogP contribution in [0.1, 0.15) is 22.3 Å². The summed E-state index contributed by atoms with van der Waals surface area (Å²) in [6.07, 6.45) is 0.306. The van der Waals surface area contributed by atoms with Gasteiger partial charge in [0.25, 0.3) is 5.91 Å². The normalized spacial score (nSPS) is 11.9. The summed E-state index contributed by atoms with van der Waals surface area (Å²) in [6, 6.07) is 11.0. The minimum atomic E-state index is -0.479. The topological polar surface area (TPSA) is 76.7 Å². The standard InChI is InChI=1S/C17H15FN2O4/c18-13-4-2-1-3-11(13)6-8-16(21)19-20-17(22)12-5-7-14-15(9-12)24-10-23-14/h1-5,7,9H,6,8,10H2,(H,19,21)(H,20,22). The van der Waals surface area contributed by atoms with E-state index in [2.05, 4.69) is 10.9 Å². The summed E-state index contributed by atoms with van der Waals surface area (Å²) >= 11 is 0. The Bertz CT molecular complexity index is 779. The zero-order valence-electron chi connectivity index (χ0n) is 12.7. The Hall–Kier alpha value is -3.09. The second-order valence-corrected chi connectivity index (χ2v) is 5.16. The Kier molecular flexibility index (Phi) is 4.60. The van der Waals surface area contributed by atoms with E-state index in [1.807, 2.05) is 0 Å². The van der Waals surface area contributed by atoms with Gasteiger partial charge in [-0.2, -0.15) is 0 Å². The number of hydrogen-bond donors (Lipinski definition) is 2. The Balaban J connectivity index is 1.49. The van der Waals surface area contributed by atoms with Crippen LogP contribution >= 0.6 is 0 Å². The van der Waals surface area contributed by atoms with Crippen molar-refractivity contribution in [2.24, 2.45) is 0 Å². The van der Waals surface area contributed by atoms with E-state index < -0.39 is 11.8 Å². The average Bonchev–Trinajstić information content (AvgIpc) is 3.06. The number of hydrogen-bond acceptors (Lipinski definition) is 4. The molecule has 0 aromatic heterocycles. The van der Waals surface area contributed by atoms with Gasteiger partial charge >= 0.3 is 0 Å². The number of halogens is 1. The fourth-order valence-corrected chi connectivity index (χ4v) is 2.25. The molecule has 0 unspecified atom stereocenters. The van der Waals surface area contributed by atoms with Gasteiger partial charge in [0.15, 0.2) is 11.5 Å². The van der Waals surface area contributed by atoms with E-state index in [4.69, 9.17) is 9.47 Å². The third-order valence-electron chi connectivity index (χ3n) is 3.53. The highest BCUT2D eigenvalue weighted by Crippen LogP contribution is 2.32. The van der Waals surface area contributed by atoms with Gasteiger partial charge in [0.1, 0.15) is 5.82 Å². The minimum absolute atomic E-state index is 0.0579. The molecule has 0 bridgehead atoms. The van der Waals surface area contributed by atoms with Crippen molar-refractivity contribution in [1.82, 2.24) is 10.9 Å². The predicted octanol–water partition coefficient (Wildman–Crippen LogP) is 1.95. The fourth-order valence-electron chi connectivity index (χ4n) is 2.25. The SMILES string of the molecule is O=C(CCc1ccccc1F)NNC(=O)c1ccc2c(c1)OCO2. The van der Waals surface area contributed by atoms with Gasteiger partial charge in [-0.05, 0) is 36.2 Å². The maximum Gasteiger partial charge on any atom is 0.269 e. The molecule has 0 aliphatic carbocycles. The van der Waals surface area contributed by atoms with E-state index in [0.29, 0.717) is 22.6 Å². The Labute approximate surface area is 137 Å². The molecular formula is C17H15FN2O4. The van der Waals surface area contributed by atoms with Crippen LogP contribution in [0.2, 0.25) is 0 Å². The van der Waals surface area contributed by atoms with Crippen molar-refractivity contribution in [1.29, 1.82) is 0 Å². The van der Waals surface area contributed by atoms with E-state index >= 15 is 0 Å². The number of aryl methyl sites for hydroxylation is 1. The monoisotopic (exact) mass is 330 g/mol. The molecular weight excluding hydrogens is 315 g/mol. The van der Waals surface area contributed by atoms with Crippen molar-refractivity contribution in [2.75, 3.05) is 6.79 Å². The molecule has 24 heavy (non-hydrogen) atoms. The van der Waals surface area contributed by atoms with E-state index in [1.165, 1.54) is 12.1 Å². The van der Waals surface area contributed by atoms with E-state index in [9.17, 15) is 14.0 Å². The molecule has 0 radical (unpaired) electrons. The summed E-state index contributed by atoms with van der Waals surface area (Å²) in [5.41, 5.74) is 5.40. The second kappa shape index (κ2) is 6.99. The van der Waals surface area contributed by atoms with Crippen LogP contribution in [-0.2, 0) is 11.2 Å². The number of carbonyl (C=O) groups excluding carboxylic acids is 2. The lowest BCUT2D eigenvalue weighted by Crippen LogP contribution is -2.41. The molecule has 7 heteroatoms. The summed E-state index contributed by atoms with van der Waals surface area (Å²) in [4.78, 5) is 23.8. The van der Waals surface area contributed by atoms with E-state index in [1.54, 1.807) is 30.3 Å². The molecule has 0 spiro atoms. The summed E-state index contributed by atoms with van der Waals surface area (Å²) in [7, 11) is 0. The highest BCUT2D eigenvalue weighted by atomic mass is 19.1. The first-order valence-electron chi connectivity index (χ1n) is 7.36. The maximum atomic E-state index is 13.5. The van der Waals surface area contributed by atoms with Crippen LogP contribution in [0.15, 0.2) is 42.5 Å². The number of ether oxygens (including phenoxy) is 2. The zero-order valence-corrected chi connectivity index (χ0v) is 12.7. The smallest absolute Gasteiger partial charge is 0.269 e. The first-order chi connectivity index (χ1) is 11.6. The van der Waals surface area contributed by atoms with Gasteiger partial charge in [0, 0.05) is 12.0 Å². The van der Waals surface area contributed by atoms with Gasteiger partial charge in [0.2, 0.25) is 12.7 Å². The summed E-state index contributed by atoms with van der Waals surface area (Å²) in [5.74, 6) is -0.191. The van der Waals surface area contributed by atoms with Crippen molar-refractivity contribution in [3.8, 4) is 11.5 Å². The molecule has 0 fully saturated rings. The second-order valence-electron chi connectivity index (χ2n) is 5.16. The molecule has 0 saturated carbocycles. The van der Waals surface area contributed by atoms with Crippen molar-refractivity contribution in [2.45, 2.75) is 12.8 Å². The van der Waals surface area contributed by atoms with Gasteiger partial charge in [0.05, 0.1) is 0 Å². The third kappa shape index (κ3) is 3.62. The van der Waals surface area contributed by atoms with Crippen molar-refractivity contribution < 1.29 is 23.5 Å². The van der Waals surface area contributed by atoms with Gasteiger partial charge < -0.3 is 9.47 Å². The highest BCUT2D eigenvalue weighted by Gasteiger charge is 2.16. The number of benzene rings is 2. The number of carbonyl (C=O) groups is 2. The Morgan fingerprint density at radius 2 is 1.83 bits per heavy atom. The summed E-state index contributed by atoms with van der Waals surface area (Å²) < 4.78 is 23.8. The quantitative estimate of drug-likeness (QED) is 0.840. The summed E-state index contributed by atoms with van der Waals surface area (Å²) in [5, 5.41) is 0. The maximum absolute atomic E-state index is 13.5. The molecule has 2 aromatic carbocycles. The molecule has 1 heterocycles. The van der Waals surface area contributed by atoms with Crippen LogP contribution in [-0.4, -0.2) is 18.6 Å². The molecule has 2 amide bonds. The van der Waals surface area contributed by atoms with Gasteiger partial charge in [-0.25, -0.2) is 4.39 Å². The van der Waals surface area contributed by atoms with Gasteiger partial charge in [-0.3, -0.25) is 20.4 Å². The number of amides is 2. The predicted molar refractivity (Wildman–Crippen MR) is 82.9 cm³/mol. The van der Waals surface area contributed by atoms with Crippen molar-refractivity contribution >= 4 is 11.8 Å². The van der Waals surface area contributed by atoms with E-state index in [-0.39, 0.29) is 25.5 Å². The molecule has 1 aliphatic rings. The van der Waals surface area contributed by atoms with Gasteiger partial charge in [-0.1, -0.05) is 18.2 Å². The van der Waals surface area contributed by atoms with Crippen molar-refractivity contribution in [3.05, 3.63) is 59.4 Å². The third-order valence-corrected chi connectivity index (χ3v) is 3.53. The molecule has 3 rings (SSSR count). The number of fused-ring (bicyclic) bond motifs is 1. The largest absolute Gasteiger partial charge is 0.454 e. The number of rotatable bonds is 4. The molecule has 124 valence electrons. The fraction of sp³-hybridized carbons (Fsp3) is 0.176. The molecule has 0 saturated heterocycles. The number of hydrazine groups is 1. The first-order valence-corrected chi connectivity index (χ1v) is 7.36. The minimum Gasteiger partial charge on any atom is -0.454 e. The Morgan fingerprint density at radius 1 is 1.04 bits per heavy atom. The van der Waals surface area contributed by atoms with Crippen LogP contribution in [0.3, 0.4) is 0 Å². The van der Waals surface area contributed by atoms with Gasteiger partial charge in [-0.15, -0.1) is 0 Å². The first kappa shape index (κ1) is 15.8. The van der Waals surface area contributed by atoms with E-state index in [0.717, 1.165) is 0 Å². The number of nitrogens with one attached hydrogen (secondary N) is 2. The van der Waals surface area contributed by atoms with Crippen LogP contribution in [0.5, 0.6) is 11.5 Å². The van der Waals surface area contributed by atoms with Crippen LogP contribution in [0.4, 0.5) is 4.39 Å². The van der Waals surface area contributed by atoms with Crippen molar-refractivity contribution in [3.63, 3.8) is 0 Å². The highest BCUT2D eigenvalue weighted by molar-refractivity contribution is 5.96. The summed E-state index contributed by atoms with van der Waals surface area (Å²) in [6.45, 7) is 0.118. The molecule has 0 atom stereocenters.